The van der Waals surface area contributed by atoms with Crippen LogP contribution in [0.2, 0.25) is 0 Å². The fourth-order valence-electron chi connectivity index (χ4n) is 0.784. The minimum absolute atomic E-state index is 0.0460. The maximum Gasteiger partial charge on any atom is 0.340 e. The number of amidine groups is 1. The molecule has 1 heterocycles. The average Bonchev–Trinajstić information content (AvgIpc) is 2.26. The van der Waals surface area contributed by atoms with Gasteiger partial charge >= 0.3 is 18.4 Å². The van der Waals surface area contributed by atoms with Crippen LogP contribution in [0.15, 0.2) is 12.3 Å². The van der Waals surface area contributed by atoms with Crippen molar-refractivity contribution in [2.75, 3.05) is 6.61 Å². The molecule has 5 nitrogen and oxygen atoms in total. The van der Waals surface area contributed by atoms with E-state index in [-0.39, 0.29) is 5.69 Å². The zero-order valence-corrected chi connectivity index (χ0v) is 8.33. The Balaban J connectivity index is 2.70. The first-order chi connectivity index (χ1) is 7.83. The van der Waals surface area contributed by atoms with Gasteiger partial charge in [0.15, 0.2) is 6.61 Å². The molecule has 3 N–H and O–H groups in total. The minimum Gasteiger partial charge on any atom is -0.457 e. The standard InChI is InChI=1S/C8H8F4N4O/c9-6(10)8(11,12)3-17-7-15-2-1-4(16-7)5(13)14/h1-2,6H,3H2,(H3,13,14). The summed E-state index contributed by atoms with van der Waals surface area (Å²) in [6.45, 7) is -1.55. The van der Waals surface area contributed by atoms with Crippen molar-refractivity contribution in [3.05, 3.63) is 18.0 Å². The van der Waals surface area contributed by atoms with E-state index in [1.54, 1.807) is 0 Å². The van der Waals surface area contributed by atoms with E-state index in [0.717, 1.165) is 6.20 Å². The summed E-state index contributed by atoms with van der Waals surface area (Å²) in [4.78, 5) is 6.89. The van der Waals surface area contributed by atoms with Crippen LogP contribution in [-0.2, 0) is 0 Å². The lowest BCUT2D eigenvalue weighted by atomic mass is 10.4. The first-order valence-electron chi connectivity index (χ1n) is 4.29. The van der Waals surface area contributed by atoms with Crippen LogP contribution in [0.3, 0.4) is 0 Å². The highest BCUT2D eigenvalue weighted by atomic mass is 19.3. The number of aromatic nitrogens is 2. The fraction of sp³-hybridized carbons (Fsp3) is 0.375. The highest BCUT2D eigenvalue weighted by Crippen LogP contribution is 2.23. The molecule has 0 aliphatic carbocycles. The topological polar surface area (TPSA) is 84.9 Å². The number of nitrogens with one attached hydrogen (secondary N) is 1. The molecule has 0 saturated carbocycles. The van der Waals surface area contributed by atoms with Crippen molar-refractivity contribution in [3.8, 4) is 6.01 Å². The van der Waals surface area contributed by atoms with E-state index in [1.807, 2.05) is 0 Å². The quantitative estimate of drug-likeness (QED) is 0.466. The summed E-state index contributed by atoms with van der Waals surface area (Å²) >= 11 is 0. The smallest absolute Gasteiger partial charge is 0.340 e. The number of nitrogens with two attached hydrogens (primary N) is 1. The van der Waals surface area contributed by atoms with Crippen LogP contribution in [0.5, 0.6) is 6.01 Å². The summed E-state index contributed by atoms with van der Waals surface area (Å²) in [6, 6.07) is 0.707. The lowest BCUT2D eigenvalue weighted by molar-refractivity contribution is -0.149. The van der Waals surface area contributed by atoms with E-state index in [9.17, 15) is 17.6 Å². The largest absolute Gasteiger partial charge is 0.457 e. The summed E-state index contributed by atoms with van der Waals surface area (Å²) < 4.78 is 52.9. The Labute approximate surface area is 93.1 Å². The maximum atomic E-state index is 12.5. The van der Waals surface area contributed by atoms with Crippen molar-refractivity contribution in [1.82, 2.24) is 9.97 Å². The first kappa shape index (κ1) is 13.1. The number of halogens is 4. The van der Waals surface area contributed by atoms with Gasteiger partial charge in [-0.2, -0.15) is 13.8 Å². The third-order valence-electron chi connectivity index (χ3n) is 1.62. The second-order valence-corrected chi connectivity index (χ2v) is 2.99. The number of nitrogens with zero attached hydrogens (tertiary/aromatic N) is 2. The predicted molar refractivity (Wildman–Crippen MR) is 49.5 cm³/mol. The minimum atomic E-state index is -4.28. The molecule has 17 heavy (non-hydrogen) atoms. The molecule has 0 saturated heterocycles. The summed E-state index contributed by atoms with van der Waals surface area (Å²) in [6.07, 6.45) is -2.72. The Hall–Kier alpha value is -1.93. The van der Waals surface area contributed by atoms with Crippen molar-refractivity contribution < 1.29 is 22.3 Å². The molecule has 0 radical (unpaired) electrons. The SMILES string of the molecule is N=C(N)c1ccnc(OCC(F)(F)C(F)F)n1. The van der Waals surface area contributed by atoms with Crippen molar-refractivity contribution in [3.63, 3.8) is 0 Å². The molecule has 9 heteroatoms. The summed E-state index contributed by atoms with van der Waals surface area (Å²) in [5.41, 5.74) is 5.04. The van der Waals surface area contributed by atoms with Gasteiger partial charge in [0, 0.05) is 6.20 Å². The second kappa shape index (κ2) is 4.93. The van der Waals surface area contributed by atoms with Gasteiger partial charge in [-0.25, -0.2) is 13.8 Å². The van der Waals surface area contributed by atoms with Crippen LogP contribution in [0.1, 0.15) is 5.69 Å². The Kier molecular flexibility index (Phi) is 3.81. The van der Waals surface area contributed by atoms with Crippen molar-refractivity contribution in [1.29, 1.82) is 5.41 Å². The number of alkyl halides is 4. The van der Waals surface area contributed by atoms with Gasteiger partial charge in [0.25, 0.3) is 0 Å². The fourth-order valence-corrected chi connectivity index (χ4v) is 0.784. The maximum absolute atomic E-state index is 12.5. The molecular weight excluding hydrogens is 244 g/mol. The number of hydrogen-bond acceptors (Lipinski definition) is 4. The predicted octanol–water partition coefficient (Wildman–Crippen LogP) is 1.04. The number of hydrogen-bond donors (Lipinski definition) is 2. The second-order valence-electron chi connectivity index (χ2n) is 2.99. The molecule has 0 aliphatic heterocycles. The van der Waals surface area contributed by atoms with Crippen LogP contribution >= 0.6 is 0 Å². The third-order valence-corrected chi connectivity index (χ3v) is 1.62. The van der Waals surface area contributed by atoms with Crippen LogP contribution < -0.4 is 10.5 Å². The highest BCUT2D eigenvalue weighted by molar-refractivity contribution is 5.92. The van der Waals surface area contributed by atoms with Gasteiger partial charge in [-0.3, -0.25) is 5.41 Å². The summed E-state index contributed by atoms with van der Waals surface area (Å²) in [5, 5.41) is 7.02. The van der Waals surface area contributed by atoms with E-state index in [2.05, 4.69) is 14.7 Å². The highest BCUT2D eigenvalue weighted by Gasteiger charge is 2.42. The summed E-state index contributed by atoms with van der Waals surface area (Å²) in [5.74, 6) is -4.70. The molecule has 0 bridgehead atoms. The number of nitrogen functional groups attached to an aromatic ring is 1. The number of ether oxygens (including phenoxy) is 1. The lowest BCUT2D eigenvalue weighted by Crippen LogP contribution is -2.34. The Morgan fingerprint density at radius 2 is 2.18 bits per heavy atom. The Bertz CT molecular complexity index is 412. The Morgan fingerprint density at radius 3 is 2.71 bits per heavy atom. The molecule has 1 rings (SSSR count). The molecule has 0 atom stereocenters. The van der Waals surface area contributed by atoms with E-state index in [0.29, 0.717) is 0 Å². The van der Waals surface area contributed by atoms with Crippen molar-refractivity contribution in [2.24, 2.45) is 5.73 Å². The van der Waals surface area contributed by atoms with Crippen molar-refractivity contribution >= 4 is 5.84 Å². The van der Waals surface area contributed by atoms with Gasteiger partial charge in [0.2, 0.25) is 0 Å². The van der Waals surface area contributed by atoms with E-state index in [4.69, 9.17) is 11.1 Å². The van der Waals surface area contributed by atoms with Crippen LogP contribution in [0, 0.1) is 5.41 Å². The zero-order chi connectivity index (χ0) is 13.1. The van der Waals surface area contributed by atoms with Crippen LogP contribution in [-0.4, -0.2) is 34.8 Å². The molecule has 0 spiro atoms. The third kappa shape index (κ3) is 3.54. The molecule has 1 aromatic rings. The molecule has 1 aromatic heterocycles. The first-order valence-corrected chi connectivity index (χ1v) is 4.29. The molecule has 0 unspecified atom stereocenters. The number of rotatable bonds is 5. The van der Waals surface area contributed by atoms with Crippen LogP contribution in [0.4, 0.5) is 17.6 Å². The van der Waals surface area contributed by atoms with E-state index >= 15 is 0 Å². The summed E-state index contributed by atoms with van der Waals surface area (Å²) in [7, 11) is 0. The van der Waals surface area contributed by atoms with Gasteiger partial charge in [-0.15, -0.1) is 0 Å². The molecular formula is C8H8F4N4O. The van der Waals surface area contributed by atoms with E-state index in [1.165, 1.54) is 6.07 Å². The van der Waals surface area contributed by atoms with Gasteiger partial charge < -0.3 is 10.5 Å². The van der Waals surface area contributed by atoms with Gasteiger partial charge in [-0.05, 0) is 6.07 Å². The molecule has 0 fully saturated rings. The molecule has 0 aliphatic rings. The zero-order valence-electron chi connectivity index (χ0n) is 8.33. The molecule has 0 aromatic carbocycles. The van der Waals surface area contributed by atoms with Gasteiger partial charge in [0.1, 0.15) is 11.5 Å². The normalized spacial score (nSPS) is 11.6. The van der Waals surface area contributed by atoms with Gasteiger partial charge in [-0.1, -0.05) is 0 Å². The van der Waals surface area contributed by atoms with Crippen LogP contribution in [0.25, 0.3) is 0 Å². The van der Waals surface area contributed by atoms with Crippen molar-refractivity contribution in [2.45, 2.75) is 12.3 Å². The monoisotopic (exact) mass is 252 g/mol. The lowest BCUT2D eigenvalue weighted by Gasteiger charge is -2.14. The van der Waals surface area contributed by atoms with E-state index < -0.39 is 30.8 Å². The molecule has 0 amide bonds. The average molecular weight is 252 g/mol. The van der Waals surface area contributed by atoms with Gasteiger partial charge in [0.05, 0.1) is 0 Å². The molecule has 94 valence electrons. The Morgan fingerprint density at radius 1 is 1.53 bits per heavy atom.